The van der Waals surface area contributed by atoms with Gasteiger partial charge >= 0.3 is 12.1 Å². The van der Waals surface area contributed by atoms with Crippen molar-refractivity contribution in [3.8, 4) is 0 Å². The summed E-state index contributed by atoms with van der Waals surface area (Å²) in [7, 11) is 1.45. The van der Waals surface area contributed by atoms with Crippen LogP contribution in [0, 0.1) is 0 Å². The summed E-state index contributed by atoms with van der Waals surface area (Å²) in [4.78, 5) is 30.6. The zero-order valence-corrected chi connectivity index (χ0v) is 15.2. The Hall–Kier alpha value is -1.50. The van der Waals surface area contributed by atoms with Gasteiger partial charge in [-0.15, -0.1) is 0 Å². The second-order valence-corrected chi connectivity index (χ2v) is 7.94. The highest BCUT2D eigenvalue weighted by molar-refractivity contribution is 5.78. The van der Waals surface area contributed by atoms with Gasteiger partial charge in [0.15, 0.2) is 0 Å². The first-order chi connectivity index (χ1) is 12.2. The lowest BCUT2D eigenvalue weighted by Crippen LogP contribution is -2.52. The highest BCUT2D eigenvalue weighted by Crippen LogP contribution is 2.33. The molecule has 4 rings (SSSR count). The average Bonchev–Trinajstić information content (AvgIpc) is 3.25. The van der Waals surface area contributed by atoms with Gasteiger partial charge < -0.3 is 19.9 Å². The van der Waals surface area contributed by atoms with E-state index in [1.54, 1.807) is 4.90 Å². The summed E-state index contributed by atoms with van der Waals surface area (Å²) in [6.07, 6.45) is 7.68. The number of ether oxygens (including phenoxy) is 1. The molecule has 1 unspecified atom stereocenters. The molecule has 3 saturated heterocycles. The standard InChI is InChI=1S/C18H30N4O3/c1-25-18(24)21-11-8-14(12-21)20-9-6-13(7-10-20)22-16-5-3-2-4-15(16)19-17(22)23/h13-16H,2-12H2,1H3,(H,19,23)/t14?,15-,16-/m1/s1. The minimum Gasteiger partial charge on any atom is -0.453 e. The van der Waals surface area contributed by atoms with E-state index in [4.69, 9.17) is 4.74 Å². The van der Waals surface area contributed by atoms with E-state index in [9.17, 15) is 9.59 Å². The Balaban J connectivity index is 1.31. The van der Waals surface area contributed by atoms with Crippen LogP contribution >= 0.6 is 0 Å². The number of hydrogen-bond acceptors (Lipinski definition) is 4. The third-order valence-corrected chi connectivity index (χ3v) is 6.64. The number of carbonyl (C=O) groups excluding carboxylic acids is 2. The van der Waals surface area contributed by atoms with Crippen molar-refractivity contribution in [1.29, 1.82) is 0 Å². The van der Waals surface area contributed by atoms with Crippen molar-refractivity contribution in [2.75, 3.05) is 33.3 Å². The third-order valence-electron chi connectivity index (χ3n) is 6.64. The molecule has 4 fully saturated rings. The van der Waals surface area contributed by atoms with Crippen molar-refractivity contribution in [2.45, 2.75) is 69.1 Å². The minimum atomic E-state index is -0.213. The zero-order chi connectivity index (χ0) is 17.4. The van der Waals surface area contributed by atoms with Crippen molar-refractivity contribution < 1.29 is 14.3 Å². The van der Waals surface area contributed by atoms with Crippen LogP contribution in [0.15, 0.2) is 0 Å². The summed E-state index contributed by atoms with van der Waals surface area (Å²) in [5, 5.41) is 3.21. The number of piperidine rings is 1. The molecule has 7 heteroatoms. The molecule has 1 N–H and O–H groups in total. The Kier molecular flexibility index (Phi) is 4.75. The molecule has 4 aliphatic rings. The van der Waals surface area contributed by atoms with Crippen LogP contribution < -0.4 is 5.32 Å². The second kappa shape index (κ2) is 7.02. The number of urea groups is 1. The number of fused-ring (bicyclic) bond motifs is 1. The largest absolute Gasteiger partial charge is 0.453 e. The molecule has 7 nitrogen and oxygen atoms in total. The van der Waals surface area contributed by atoms with Gasteiger partial charge in [0.25, 0.3) is 0 Å². The maximum absolute atomic E-state index is 12.5. The highest BCUT2D eigenvalue weighted by atomic mass is 16.5. The molecule has 0 radical (unpaired) electrons. The lowest BCUT2D eigenvalue weighted by atomic mass is 9.89. The van der Waals surface area contributed by atoms with E-state index >= 15 is 0 Å². The summed E-state index contributed by atoms with van der Waals surface area (Å²) in [6.45, 7) is 3.60. The first-order valence-corrected chi connectivity index (χ1v) is 9.83. The number of rotatable bonds is 2. The van der Waals surface area contributed by atoms with Crippen LogP contribution in [-0.2, 0) is 4.74 Å². The predicted molar refractivity (Wildman–Crippen MR) is 93.4 cm³/mol. The summed E-state index contributed by atoms with van der Waals surface area (Å²) in [6, 6.07) is 1.77. The van der Waals surface area contributed by atoms with Crippen LogP contribution in [0.25, 0.3) is 0 Å². The van der Waals surface area contributed by atoms with Crippen molar-refractivity contribution in [1.82, 2.24) is 20.0 Å². The molecule has 1 aliphatic carbocycles. The molecular weight excluding hydrogens is 320 g/mol. The Morgan fingerprint density at radius 1 is 1.04 bits per heavy atom. The van der Waals surface area contributed by atoms with E-state index in [0.29, 0.717) is 24.2 Å². The van der Waals surface area contributed by atoms with Gasteiger partial charge in [0.05, 0.1) is 19.2 Å². The molecular formula is C18H30N4O3. The maximum Gasteiger partial charge on any atom is 0.409 e. The number of amides is 3. The summed E-state index contributed by atoms with van der Waals surface area (Å²) in [5.41, 5.74) is 0. The van der Waals surface area contributed by atoms with Gasteiger partial charge in [-0.1, -0.05) is 12.8 Å². The Labute approximate surface area is 149 Å². The van der Waals surface area contributed by atoms with Gasteiger partial charge in [0.2, 0.25) is 0 Å². The smallest absolute Gasteiger partial charge is 0.409 e. The molecule has 3 amide bonds. The van der Waals surface area contributed by atoms with Crippen molar-refractivity contribution in [3.63, 3.8) is 0 Å². The molecule has 3 atom stereocenters. The van der Waals surface area contributed by atoms with Gasteiger partial charge in [0.1, 0.15) is 0 Å². The SMILES string of the molecule is COC(=O)N1CCC(N2CCC(N3C(=O)N[C@@H]4CCCC[C@H]43)CC2)C1. The molecule has 0 aromatic heterocycles. The molecule has 1 saturated carbocycles. The summed E-state index contributed by atoms with van der Waals surface area (Å²) in [5.74, 6) is 0. The fraction of sp³-hybridized carbons (Fsp3) is 0.889. The Morgan fingerprint density at radius 2 is 1.76 bits per heavy atom. The lowest BCUT2D eigenvalue weighted by Gasteiger charge is -2.41. The average molecular weight is 350 g/mol. The van der Waals surface area contributed by atoms with Crippen molar-refractivity contribution in [2.24, 2.45) is 0 Å². The molecule has 3 heterocycles. The van der Waals surface area contributed by atoms with Gasteiger partial charge in [-0.25, -0.2) is 9.59 Å². The topological polar surface area (TPSA) is 65.1 Å². The van der Waals surface area contributed by atoms with Crippen LogP contribution in [-0.4, -0.2) is 84.3 Å². The zero-order valence-electron chi connectivity index (χ0n) is 15.2. The van der Waals surface area contributed by atoms with Crippen LogP contribution in [0.4, 0.5) is 9.59 Å². The van der Waals surface area contributed by atoms with Gasteiger partial charge in [0, 0.05) is 38.3 Å². The van der Waals surface area contributed by atoms with Gasteiger partial charge in [-0.2, -0.15) is 0 Å². The minimum absolute atomic E-state index is 0.160. The first-order valence-electron chi connectivity index (χ1n) is 9.83. The monoisotopic (exact) mass is 350 g/mol. The fourth-order valence-corrected chi connectivity index (χ4v) is 5.30. The summed E-state index contributed by atoms with van der Waals surface area (Å²) < 4.78 is 4.83. The normalized spacial score (nSPS) is 34.1. The van der Waals surface area contributed by atoms with Crippen LogP contribution in [0.5, 0.6) is 0 Å². The van der Waals surface area contributed by atoms with Crippen molar-refractivity contribution in [3.05, 3.63) is 0 Å². The quantitative estimate of drug-likeness (QED) is 0.822. The van der Waals surface area contributed by atoms with Crippen LogP contribution in [0.1, 0.15) is 44.9 Å². The number of carbonyl (C=O) groups is 2. The van der Waals surface area contributed by atoms with Gasteiger partial charge in [-0.3, -0.25) is 4.90 Å². The van der Waals surface area contributed by atoms with Gasteiger partial charge in [-0.05, 0) is 32.1 Å². The van der Waals surface area contributed by atoms with Crippen molar-refractivity contribution >= 4 is 12.1 Å². The Morgan fingerprint density at radius 3 is 2.52 bits per heavy atom. The number of hydrogen-bond donors (Lipinski definition) is 1. The molecule has 0 bridgehead atoms. The van der Waals surface area contributed by atoms with E-state index in [2.05, 4.69) is 15.1 Å². The van der Waals surface area contributed by atoms with E-state index < -0.39 is 0 Å². The molecule has 140 valence electrons. The number of nitrogens with one attached hydrogen (secondary N) is 1. The second-order valence-electron chi connectivity index (χ2n) is 7.94. The molecule has 0 aromatic carbocycles. The molecule has 25 heavy (non-hydrogen) atoms. The van der Waals surface area contributed by atoms with E-state index in [-0.39, 0.29) is 12.1 Å². The third kappa shape index (κ3) is 3.18. The summed E-state index contributed by atoms with van der Waals surface area (Å²) >= 11 is 0. The molecule has 0 spiro atoms. The predicted octanol–water partition coefficient (Wildman–Crippen LogP) is 1.63. The molecule has 0 aromatic rings. The first kappa shape index (κ1) is 16.9. The highest BCUT2D eigenvalue weighted by Gasteiger charge is 2.44. The lowest BCUT2D eigenvalue weighted by molar-refractivity contribution is 0.0811. The van der Waals surface area contributed by atoms with Crippen LogP contribution in [0.2, 0.25) is 0 Å². The van der Waals surface area contributed by atoms with E-state index in [1.807, 2.05) is 0 Å². The number of nitrogens with zero attached hydrogens (tertiary/aromatic N) is 3. The number of likely N-dealkylation sites (tertiary alicyclic amines) is 2. The van der Waals surface area contributed by atoms with E-state index in [1.165, 1.54) is 20.0 Å². The molecule has 3 aliphatic heterocycles. The van der Waals surface area contributed by atoms with E-state index in [0.717, 1.165) is 58.3 Å². The maximum atomic E-state index is 12.5. The fourth-order valence-electron chi connectivity index (χ4n) is 5.30. The van der Waals surface area contributed by atoms with Crippen LogP contribution in [0.3, 0.4) is 0 Å². The number of methoxy groups -OCH3 is 1. The Bertz CT molecular complexity index is 520.